The van der Waals surface area contributed by atoms with Crippen molar-refractivity contribution in [2.24, 2.45) is 0 Å². The van der Waals surface area contributed by atoms with Gasteiger partial charge in [-0.3, -0.25) is 9.59 Å². The fourth-order valence-electron chi connectivity index (χ4n) is 3.21. The maximum atomic E-state index is 13.1. The molecule has 2 amide bonds. The van der Waals surface area contributed by atoms with Gasteiger partial charge in [0, 0.05) is 18.1 Å². The Morgan fingerprint density at radius 3 is 2.48 bits per heavy atom. The van der Waals surface area contributed by atoms with Gasteiger partial charge in [0.2, 0.25) is 5.91 Å². The summed E-state index contributed by atoms with van der Waals surface area (Å²) >= 11 is 6.30. The highest BCUT2D eigenvalue weighted by atomic mass is 35.5. The Labute approximate surface area is 178 Å². The molecule has 0 radical (unpaired) electrons. The Balaban J connectivity index is 2.23. The Bertz CT molecular complexity index is 854. The van der Waals surface area contributed by atoms with Crippen molar-refractivity contribution in [2.45, 2.75) is 46.7 Å². The van der Waals surface area contributed by atoms with Crippen LogP contribution >= 0.6 is 11.6 Å². The molecule has 0 heterocycles. The molecule has 0 bridgehead atoms. The smallest absolute Gasteiger partial charge is 0.261 e. The van der Waals surface area contributed by atoms with Gasteiger partial charge in [-0.05, 0) is 50.5 Å². The van der Waals surface area contributed by atoms with E-state index in [1.54, 1.807) is 11.0 Å². The zero-order chi connectivity index (χ0) is 21.4. The van der Waals surface area contributed by atoms with Gasteiger partial charge in [0.25, 0.3) is 5.91 Å². The summed E-state index contributed by atoms with van der Waals surface area (Å²) in [5.74, 6) is 0.220. The van der Waals surface area contributed by atoms with Crippen LogP contribution in [-0.4, -0.2) is 35.9 Å². The first-order valence-corrected chi connectivity index (χ1v) is 10.3. The lowest BCUT2D eigenvalue weighted by Crippen LogP contribution is -2.50. The van der Waals surface area contributed by atoms with Gasteiger partial charge in [-0.2, -0.15) is 0 Å². The van der Waals surface area contributed by atoms with Crippen LogP contribution in [-0.2, 0) is 16.1 Å². The van der Waals surface area contributed by atoms with Crippen LogP contribution in [0.15, 0.2) is 42.5 Å². The molecule has 0 aliphatic rings. The monoisotopic (exact) mass is 416 g/mol. The van der Waals surface area contributed by atoms with Crippen LogP contribution in [0.2, 0.25) is 5.02 Å². The molecule has 0 saturated carbocycles. The van der Waals surface area contributed by atoms with Crippen LogP contribution in [0.5, 0.6) is 5.75 Å². The summed E-state index contributed by atoms with van der Waals surface area (Å²) in [6.07, 6.45) is 0.492. The fourth-order valence-corrected chi connectivity index (χ4v) is 3.40. The zero-order valence-electron chi connectivity index (χ0n) is 17.5. The largest absolute Gasteiger partial charge is 0.483 e. The SMILES string of the molecule is CCNC(=O)[C@@H](CC)N(Cc1ccccc1Cl)C(=O)COc1ccc(C)cc1C. The van der Waals surface area contributed by atoms with E-state index < -0.39 is 6.04 Å². The van der Waals surface area contributed by atoms with E-state index >= 15 is 0 Å². The molecule has 1 N–H and O–H groups in total. The quantitative estimate of drug-likeness (QED) is 0.663. The van der Waals surface area contributed by atoms with Gasteiger partial charge >= 0.3 is 0 Å². The van der Waals surface area contributed by atoms with E-state index in [-0.39, 0.29) is 25.0 Å². The summed E-state index contributed by atoms with van der Waals surface area (Å²) in [5.41, 5.74) is 2.88. The minimum Gasteiger partial charge on any atom is -0.483 e. The summed E-state index contributed by atoms with van der Waals surface area (Å²) < 4.78 is 5.78. The Morgan fingerprint density at radius 1 is 1.14 bits per heavy atom. The van der Waals surface area contributed by atoms with Crippen LogP contribution in [0.4, 0.5) is 0 Å². The topological polar surface area (TPSA) is 58.6 Å². The molecule has 2 aromatic carbocycles. The van der Waals surface area contributed by atoms with Gasteiger partial charge < -0.3 is 15.0 Å². The molecule has 0 unspecified atom stereocenters. The van der Waals surface area contributed by atoms with Gasteiger partial charge in [-0.25, -0.2) is 0 Å². The lowest BCUT2D eigenvalue weighted by atomic mass is 10.1. The van der Waals surface area contributed by atoms with E-state index in [4.69, 9.17) is 16.3 Å². The number of nitrogens with zero attached hydrogens (tertiary/aromatic N) is 1. The average molecular weight is 417 g/mol. The van der Waals surface area contributed by atoms with Crippen LogP contribution in [0.3, 0.4) is 0 Å². The molecule has 0 aromatic heterocycles. The highest BCUT2D eigenvalue weighted by molar-refractivity contribution is 6.31. The third-order valence-electron chi connectivity index (χ3n) is 4.72. The lowest BCUT2D eigenvalue weighted by molar-refractivity contribution is -0.142. The van der Waals surface area contributed by atoms with Crippen molar-refractivity contribution in [3.8, 4) is 5.75 Å². The Hall–Kier alpha value is -2.53. The maximum absolute atomic E-state index is 13.1. The minimum atomic E-state index is -0.596. The third kappa shape index (κ3) is 6.23. The van der Waals surface area contributed by atoms with Crippen LogP contribution in [0.1, 0.15) is 37.0 Å². The van der Waals surface area contributed by atoms with Crippen molar-refractivity contribution >= 4 is 23.4 Å². The van der Waals surface area contributed by atoms with E-state index in [1.807, 2.05) is 64.1 Å². The first kappa shape index (κ1) is 22.8. The standard InChI is InChI=1S/C23H29ClN2O3/c1-5-20(23(28)25-6-2)26(14-18-9-7-8-10-19(18)24)22(27)15-29-21-12-11-16(3)13-17(21)4/h7-13,20H,5-6,14-15H2,1-4H3,(H,25,28)/t20-/m1/s1. The molecule has 0 aliphatic carbocycles. The summed E-state index contributed by atoms with van der Waals surface area (Å²) in [6, 6.07) is 12.5. The minimum absolute atomic E-state index is 0.149. The fraction of sp³-hybridized carbons (Fsp3) is 0.391. The van der Waals surface area contributed by atoms with Gasteiger partial charge in [0.1, 0.15) is 11.8 Å². The zero-order valence-corrected chi connectivity index (χ0v) is 18.3. The number of halogens is 1. The molecule has 156 valence electrons. The number of carbonyl (C=O) groups excluding carboxylic acids is 2. The van der Waals surface area contributed by atoms with Crippen molar-refractivity contribution < 1.29 is 14.3 Å². The highest BCUT2D eigenvalue weighted by Crippen LogP contribution is 2.21. The van der Waals surface area contributed by atoms with Gasteiger partial charge in [0.05, 0.1) is 0 Å². The second kappa shape index (κ2) is 10.9. The molecule has 0 saturated heterocycles. The van der Waals surface area contributed by atoms with Crippen LogP contribution < -0.4 is 10.1 Å². The van der Waals surface area contributed by atoms with E-state index in [0.717, 1.165) is 16.7 Å². The highest BCUT2D eigenvalue weighted by Gasteiger charge is 2.29. The summed E-state index contributed by atoms with van der Waals surface area (Å²) in [6.45, 7) is 8.28. The van der Waals surface area contributed by atoms with Crippen molar-refractivity contribution in [1.29, 1.82) is 0 Å². The van der Waals surface area contributed by atoms with Crippen molar-refractivity contribution in [2.75, 3.05) is 13.2 Å². The molecule has 2 aromatic rings. The number of ether oxygens (including phenoxy) is 1. The average Bonchev–Trinajstić information content (AvgIpc) is 2.68. The molecule has 5 nitrogen and oxygen atoms in total. The molecule has 2 rings (SSSR count). The first-order valence-electron chi connectivity index (χ1n) is 9.88. The number of nitrogens with one attached hydrogen (secondary N) is 1. The van der Waals surface area contributed by atoms with E-state index in [0.29, 0.717) is 23.7 Å². The van der Waals surface area contributed by atoms with Crippen molar-refractivity contribution in [3.63, 3.8) is 0 Å². The predicted octanol–water partition coefficient (Wildman–Crippen LogP) is 4.28. The summed E-state index contributed by atoms with van der Waals surface area (Å²) in [7, 11) is 0. The van der Waals surface area contributed by atoms with Crippen molar-refractivity contribution in [1.82, 2.24) is 10.2 Å². The summed E-state index contributed by atoms with van der Waals surface area (Å²) in [5, 5.41) is 3.38. The third-order valence-corrected chi connectivity index (χ3v) is 5.09. The predicted molar refractivity (Wildman–Crippen MR) is 116 cm³/mol. The number of amides is 2. The van der Waals surface area contributed by atoms with Gasteiger partial charge in [-0.1, -0.05) is 54.4 Å². The molecule has 0 spiro atoms. The second-order valence-electron chi connectivity index (χ2n) is 6.99. The number of hydrogen-bond acceptors (Lipinski definition) is 3. The van der Waals surface area contributed by atoms with E-state index in [9.17, 15) is 9.59 Å². The molecule has 0 aliphatic heterocycles. The van der Waals surface area contributed by atoms with Gasteiger partial charge in [0.15, 0.2) is 6.61 Å². The van der Waals surface area contributed by atoms with Gasteiger partial charge in [-0.15, -0.1) is 0 Å². The number of hydrogen-bond donors (Lipinski definition) is 1. The molecule has 0 fully saturated rings. The second-order valence-corrected chi connectivity index (χ2v) is 7.40. The normalized spacial score (nSPS) is 11.6. The Morgan fingerprint density at radius 2 is 1.86 bits per heavy atom. The Kier molecular flexibility index (Phi) is 8.52. The van der Waals surface area contributed by atoms with E-state index in [1.165, 1.54) is 0 Å². The van der Waals surface area contributed by atoms with E-state index in [2.05, 4.69) is 5.32 Å². The summed E-state index contributed by atoms with van der Waals surface area (Å²) in [4.78, 5) is 27.2. The molecule has 1 atom stereocenters. The van der Waals surface area contributed by atoms with Crippen LogP contribution in [0.25, 0.3) is 0 Å². The number of likely N-dealkylation sites (N-methyl/N-ethyl adjacent to an activating group) is 1. The molecule has 6 heteroatoms. The van der Waals surface area contributed by atoms with Crippen molar-refractivity contribution in [3.05, 3.63) is 64.2 Å². The number of benzene rings is 2. The molecular formula is C23H29ClN2O3. The number of carbonyl (C=O) groups is 2. The first-order chi connectivity index (χ1) is 13.9. The number of rotatable bonds is 9. The molecular weight excluding hydrogens is 388 g/mol. The lowest BCUT2D eigenvalue weighted by Gasteiger charge is -2.30. The molecule has 29 heavy (non-hydrogen) atoms. The maximum Gasteiger partial charge on any atom is 0.261 e. The number of aryl methyl sites for hydroxylation is 2. The van der Waals surface area contributed by atoms with Crippen LogP contribution in [0, 0.1) is 13.8 Å².